The molecule has 0 unspecified atom stereocenters. The fraction of sp³-hybridized carbons (Fsp3) is 0.375. The standard InChI is InChI=1S/C8H10O/c1-7(9)8-5-3-2-4-6-8/h3,5-6H,2,4H2,1H3. The predicted octanol–water partition coefficient (Wildman–Crippen LogP) is 1.85. The maximum atomic E-state index is 10.7. The molecule has 0 aromatic rings. The van der Waals surface area contributed by atoms with Crippen LogP contribution in [0.4, 0.5) is 0 Å². The van der Waals surface area contributed by atoms with Gasteiger partial charge in [-0.25, -0.2) is 0 Å². The highest BCUT2D eigenvalue weighted by atomic mass is 16.1. The predicted molar refractivity (Wildman–Crippen MR) is 37.1 cm³/mol. The van der Waals surface area contributed by atoms with Crippen molar-refractivity contribution in [3.8, 4) is 0 Å². The Hall–Kier alpha value is -0.850. The van der Waals surface area contributed by atoms with Gasteiger partial charge in [-0.05, 0) is 19.8 Å². The third kappa shape index (κ3) is 1.53. The van der Waals surface area contributed by atoms with Gasteiger partial charge in [0.05, 0.1) is 0 Å². The molecule has 1 aliphatic rings. The summed E-state index contributed by atoms with van der Waals surface area (Å²) in [5.41, 5.74) is 0.862. The van der Waals surface area contributed by atoms with Crippen molar-refractivity contribution >= 4 is 5.78 Å². The molecule has 0 saturated carbocycles. The first kappa shape index (κ1) is 6.27. The zero-order chi connectivity index (χ0) is 6.69. The number of carbonyl (C=O) groups excluding carboxylic acids is 1. The average molecular weight is 122 g/mol. The lowest BCUT2D eigenvalue weighted by Crippen LogP contribution is -1.95. The van der Waals surface area contributed by atoms with Crippen molar-refractivity contribution in [2.24, 2.45) is 0 Å². The normalized spacial score (nSPS) is 17.2. The quantitative estimate of drug-likeness (QED) is 0.518. The molecule has 1 rings (SSSR count). The molecule has 0 spiro atoms. The molecular weight excluding hydrogens is 112 g/mol. The zero-order valence-electron chi connectivity index (χ0n) is 5.55. The third-order valence-electron chi connectivity index (χ3n) is 1.40. The van der Waals surface area contributed by atoms with Crippen LogP contribution >= 0.6 is 0 Å². The molecule has 0 aromatic heterocycles. The summed E-state index contributed by atoms with van der Waals surface area (Å²) in [5.74, 6) is 0.172. The molecule has 1 aliphatic carbocycles. The minimum absolute atomic E-state index is 0.172. The van der Waals surface area contributed by atoms with E-state index in [0.29, 0.717) is 0 Å². The van der Waals surface area contributed by atoms with Crippen molar-refractivity contribution < 1.29 is 4.79 Å². The van der Waals surface area contributed by atoms with Crippen LogP contribution in [0, 0.1) is 0 Å². The summed E-state index contributed by atoms with van der Waals surface area (Å²) in [6.07, 6.45) is 8.02. The van der Waals surface area contributed by atoms with Crippen LogP contribution in [0.15, 0.2) is 23.8 Å². The molecule has 9 heavy (non-hydrogen) atoms. The number of ketones is 1. The Morgan fingerprint density at radius 3 is 2.67 bits per heavy atom. The summed E-state index contributed by atoms with van der Waals surface area (Å²) in [6.45, 7) is 1.60. The van der Waals surface area contributed by atoms with Gasteiger partial charge in [0.1, 0.15) is 0 Å². The Morgan fingerprint density at radius 1 is 1.56 bits per heavy atom. The van der Waals surface area contributed by atoms with Gasteiger partial charge in [-0.1, -0.05) is 18.2 Å². The second-order valence-corrected chi connectivity index (χ2v) is 2.20. The molecule has 0 atom stereocenters. The van der Waals surface area contributed by atoms with E-state index in [9.17, 15) is 4.79 Å². The minimum Gasteiger partial charge on any atom is -0.295 e. The lowest BCUT2D eigenvalue weighted by Gasteiger charge is -2.00. The number of carbonyl (C=O) groups is 1. The molecule has 0 aromatic carbocycles. The van der Waals surface area contributed by atoms with Crippen LogP contribution in [-0.4, -0.2) is 5.78 Å². The second kappa shape index (κ2) is 2.62. The first-order chi connectivity index (χ1) is 4.30. The van der Waals surface area contributed by atoms with Crippen molar-refractivity contribution in [2.45, 2.75) is 19.8 Å². The van der Waals surface area contributed by atoms with Crippen LogP contribution in [0.3, 0.4) is 0 Å². The molecule has 0 saturated heterocycles. The zero-order valence-corrected chi connectivity index (χ0v) is 5.55. The van der Waals surface area contributed by atoms with E-state index >= 15 is 0 Å². The van der Waals surface area contributed by atoms with Gasteiger partial charge in [0.2, 0.25) is 0 Å². The molecule has 0 N–H and O–H groups in total. The van der Waals surface area contributed by atoms with Gasteiger partial charge in [0, 0.05) is 5.57 Å². The molecule has 0 fully saturated rings. The van der Waals surface area contributed by atoms with Crippen LogP contribution in [0.5, 0.6) is 0 Å². The average Bonchev–Trinajstić information content (AvgIpc) is 1.90. The Labute approximate surface area is 55.1 Å². The summed E-state index contributed by atoms with van der Waals surface area (Å²) >= 11 is 0. The van der Waals surface area contributed by atoms with Gasteiger partial charge in [0.25, 0.3) is 0 Å². The first-order valence-corrected chi connectivity index (χ1v) is 3.18. The van der Waals surface area contributed by atoms with E-state index in [-0.39, 0.29) is 5.78 Å². The van der Waals surface area contributed by atoms with Gasteiger partial charge in [-0.2, -0.15) is 0 Å². The number of hydrogen-bond donors (Lipinski definition) is 0. The Bertz CT molecular complexity index is 175. The number of Topliss-reactive ketones (excluding diaryl/α,β-unsaturated/α-hetero) is 1. The van der Waals surface area contributed by atoms with Crippen molar-refractivity contribution in [3.05, 3.63) is 23.8 Å². The monoisotopic (exact) mass is 122 g/mol. The first-order valence-electron chi connectivity index (χ1n) is 3.18. The summed E-state index contributed by atoms with van der Waals surface area (Å²) in [7, 11) is 0. The minimum atomic E-state index is 0.172. The van der Waals surface area contributed by atoms with Crippen LogP contribution < -0.4 is 0 Å². The highest BCUT2D eigenvalue weighted by molar-refractivity contribution is 5.96. The fourth-order valence-electron chi connectivity index (χ4n) is 0.874. The lowest BCUT2D eigenvalue weighted by molar-refractivity contribution is -0.113. The van der Waals surface area contributed by atoms with E-state index < -0.39 is 0 Å². The van der Waals surface area contributed by atoms with E-state index in [0.717, 1.165) is 18.4 Å². The summed E-state index contributed by atoms with van der Waals surface area (Å²) < 4.78 is 0. The molecule has 1 nitrogen and oxygen atoms in total. The van der Waals surface area contributed by atoms with Crippen molar-refractivity contribution in [1.29, 1.82) is 0 Å². The van der Waals surface area contributed by atoms with Crippen molar-refractivity contribution in [2.75, 3.05) is 0 Å². The number of rotatable bonds is 1. The highest BCUT2D eigenvalue weighted by Crippen LogP contribution is 2.09. The highest BCUT2D eigenvalue weighted by Gasteiger charge is 2.00. The lowest BCUT2D eigenvalue weighted by atomic mass is 10.0. The molecule has 0 aliphatic heterocycles. The van der Waals surface area contributed by atoms with E-state index in [1.54, 1.807) is 6.92 Å². The number of allylic oxidation sites excluding steroid dienone is 4. The second-order valence-electron chi connectivity index (χ2n) is 2.20. The van der Waals surface area contributed by atoms with Crippen molar-refractivity contribution in [3.63, 3.8) is 0 Å². The van der Waals surface area contributed by atoms with Gasteiger partial charge in [-0.3, -0.25) is 4.79 Å². The summed E-state index contributed by atoms with van der Waals surface area (Å²) in [4.78, 5) is 10.7. The Kier molecular flexibility index (Phi) is 1.83. The van der Waals surface area contributed by atoms with Gasteiger partial charge in [0.15, 0.2) is 5.78 Å². The van der Waals surface area contributed by atoms with Gasteiger partial charge in [-0.15, -0.1) is 0 Å². The van der Waals surface area contributed by atoms with Crippen molar-refractivity contribution in [1.82, 2.24) is 0 Å². The molecular formula is C8H10O. The SMILES string of the molecule is CC(=O)C1=CCCC=C1. The smallest absolute Gasteiger partial charge is 0.159 e. The van der Waals surface area contributed by atoms with Crippen LogP contribution in [0.2, 0.25) is 0 Å². The molecule has 0 heterocycles. The molecule has 0 bridgehead atoms. The van der Waals surface area contributed by atoms with E-state index in [2.05, 4.69) is 0 Å². The third-order valence-corrected chi connectivity index (χ3v) is 1.40. The van der Waals surface area contributed by atoms with Crippen LogP contribution in [0.25, 0.3) is 0 Å². The summed E-state index contributed by atoms with van der Waals surface area (Å²) in [6, 6.07) is 0. The van der Waals surface area contributed by atoms with E-state index in [1.165, 1.54) is 0 Å². The molecule has 0 radical (unpaired) electrons. The Morgan fingerprint density at radius 2 is 2.33 bits per heavy atom. The largest absolute Gasteiger partial charge is 0.295 e. The van der Waals surface area contributed by atoms with Crippen LogP contribution in [-0.2, 0) is 4.79 Å². The van der Waals surface area contributed by atoms with Gasteiger partial charge < -0.3 is 0 Å². The molecule has 1 heteroatoms. The number of hydrogen-bond acceptors (Lipinski definition) is 1. The maximum Gasteiger partial charge on any atom is 0.159 e. The maximum absolute atomic E-state index is 10.7. The summed E-state index contributed by atoms with van der Waals surface area (Å²) in [5, 5.41) is 0. The van der Waals surface area contributed by atoms with Crippen LogP contribution in [0.1, 0.15) is 19.8 Å². The molecule has 48 valence electrons. The van der Waals surface area contributed by atoms with E-state index in [1.807, 2.05) is 18.2 Å². The van der Waals surface area contributed by atoms with Gasteiger partial charge >= 0.3 is 0 Å². The topological polar surface area (TPSA) is 17.1 Å². The Balaban J connectivity index is 2.69. The fourth-order valence-corrected chi connectivity index (χ4v) is 0.874. The van der Waals surface area contributed by atoms with E-state index in [4.69, 9.17) is 0 Å². The molecule has 0 amide bonds.